The third-order valence-electron chi connectivity index (χ3n) is 2.02. The second-order valence-corrected chi connectivity index (χ2v) is 7.39. The Balaban J connectivity index is 0. The molecule has 0 unspecified atom stereocenters. The molecular weight excluding hydrogens is 238 g/mol. The van der Waals surface area contributed by atoms with Gasteiger partial charge in [0.05, 0.1) is 0 Å². The average molecular weight is 267 g/mol. The molecule has 0 heterocycles. The minimum absolute atomic E-state index is 0.167. The van der Waals surface area contributed by atoms with Crippen molar-refractivity contribution in [1.29, 1.82) is 0 Å². The zero-order valence-corrected chi connectivity index (χ0v) is 13.3. The first-order valence-electron chi connectivity index (χ1n) is 5.81. The molecule has 106 valence electrons. The molecule has 0 aromatic carbocycles. The minimum atomic E-state index is -2.31. The number of aliphatic hydroxyl groups is 1. The summed E-state index contributed by atoms with van der Waals surface area (Å²) in [6.07, 6.45) is 0.870. The number of aliphatic hydroxyl groups excluding tert-OH is 1. The van der Waals surface area contributed by atoms with E-state index in [1.165, 1.54) is 0 Å². The fraction of sp³-hybridized carbons (Fsp3) is 1.00. The van der Waals surface area contributed by atoms with Crippen LogP contribution in [0, 0.1) is 0 Å². The molecule has 0 rings (SSSR count). The summed E-state index contributed by atoms with van der Waals surface area (Å²) in [4.78, 5) is 2.14. The molecule has 0 saturated heterocycles. The van der Waals surface area contributed by atoms with Gasteiger partial charge in [-0.25, -0.2) is 0 Å². The van der Waals surface area contributed by atoms with Gasteiger partial charge < -0.3 is 23.3 Å². The van der Waals surface area contributed by atoms with Crippen molar-refractivity contribution in [2.75, 3.05) is 42.0 Å². The first kappa shape index (κ1) is 19.4. The lowest BCUT2D eigenvalue weighted by atomic mass is 10.5. The first-order valence-corrected chi connectivity index (χ1v) is 7.75. The lowest BCUT2D eigenvalue weighted by molar-refractivity contribution is 0.122. The summed E-state index contributed by atoms with van der Waals surface area (Å²) in [7, 11) is 6.73. The van der Waals surface area contributed by atoms with Crippen molar-refractivity contribution < 1.29 is 18.4 Å². The molecule has 1 N–H and O–H groups in total. The van der Waals surface area contributed by atoms with Crippen molar-refractivity contribution in [3.05, 3.63) is 0 Å². The zero-order chi connectivity index (χ0) is 13.9. The summed E-state index contributed by atoms with van der Waals surface area (Å²) >= 11 is 0. The Morgan fingerprint density at radius 1 is 1.06 bits per heavy atom. The molecule has 0 spiro atoms. The number of hydrogen-bond donors (Lipinski definition) is 1. The Bertz CT molecular complexity index is 153. The maximum atomic E-state index is 8.06. The van der Waals surface area contributed by atoms with Gasteiger partial charge in [-0.05, 0) is 40.9 Å². The quantitative estimate of drug-likeness (QED) is 0.703. The van der Waals surface area contributed by atoms with E-state index in [1.807, 2.05) is 0 Å². The second kappa shape index (κ2) is 11.1. The van der Waals surface area contributed by atoms with Crippen LogP contribution < -0.4 is 0 Å². The van der Waals surface area contributed by atoms with E-state index < -0.39 is 8.80 Å². The number of rotatable bonds is 7. The van der Waals surface area contributed by atoms with Gasteiger partial charge in [-0.1, -0.05) is 0 Å². The van der Waals surface area contributed by atoms with E-state index in [0.717, 1.165) is 19.0 Å². The molecule has 0 aromatic rings. The Morgan fingerprint density at radius 2 is 1.41 bits per heavy atom. The third-order valence-corrected chi connectivity index (χ3v) is 4.85. The fourth-order valence-electron chi connectivity index (χ4n) is 1.17. The van der Waals surface area contributed by atoms with Crippen LogP contribution in [-0.4, -0.2) is 66.9 Å². The molecule has 0 aliphatic rings. The van der Waals surface area contributed by atoms with Crippen LogP contribution in [0.15, 0.2) is 0 Å². The van der Waals surface area contributed by atoms with E-state index in [2.05, 4.69) is 19.0 Å². The molecule has 0 radical (unpaired) electrons. The molecule has 5 nitrogen and oxygen atoms in total. The highest BCUT2D eigenvalue weighted by atomic mass is 28.4. The maximum absolute atomic E-state index is 8.06. The summed E-state index contributed by atoms with van der Waals surface area (Å²) in [6.45, 7) is 4.48. The van der Waals surface area contributed by atoms with E-state index in [0.29, 0.717) is 0 Å². The largest absolute Gasteiger partial charge is 0.500 e. The minimum Gasteiger partial charge on any atom is -0.394 e. The molecule has 0 amide bonds. The first-order chi connectivity index (χ1) is 7.83. The van der Waals surface area contributed by atoms with Gasteiger partial charge in [-0.15, -0.1) is 0 Å². The molecule has 0 saturated carbocycles. The molecule has 0 aliphatic heterocycles. The van der Waals surface area contributed by atoms with Gasteiger partial charge in [0.25, 0.3) is 0 Å². The van der Waals surface area contributed by atoms with Gasteiger partial charge in [0, 0.05) is 33.5 Å². The van der Waals surface area contributed by atoms with Crippen molar-refractivity contribution in [3.8, 4) is 0 Å². The van der Waals surface area contributed by atoms with Crippen molar-refractivity contribution in [2.24, 2.45) is 0 Å². The predicted octanol–water partition coefficient (Wildman–Crippen LogP) is 1.20. The van der Waals surface area contributed by atoms with Crippen molar-refractivity contribution in [3.63, 3.8) is 0 Å². The van der Waals surface area contributed by atoms with Gasteiger partial charge in [-0.3, -0.25) is 0 Å². The van der Waals surface area contributed by atoms with E-state index in [1.54, 1.807) is 35.2 Å². The standard InChI is InChI=1S/C8H21NO3Si.C3H8O/c1-9(2)7-6-8-13(10-3,11-4)12-5;1-3(2)4/h6-8H2,1-5H3;3-4H,1-2H3. The summed E-state index contributed by atoms with van der Waals surface area (Å²) in [6, 6.07) is 0.870. The predicted molar refractivity (Wildman–Crippen MR) is 72.1 cm³/mol. The molecule has 0 atom stereocenters. The van der Waals surface area contributed by atoms with Crippen molar-refractivity contribution in [1.82, 2.24) is 4.90 Å². The highest BCUT2D eigenvalue weighted by Gasteiger charge is 2.36. The molecule has 0 aliphatic carbocycles. The van der Waals surface area contributed by atoms with Crippen LogP contribution in [0.25, 0.3) is 0 Å². The highest BCUT2D eigenvalue weighted by molar-refractivity contribution is 6.60. The number of nitrogens with zero attached hydrogens (tertiary/aromatic N) is 1. The lowest BCUT2D eigenvalue weighted by Gasteiger charge is -2.24. The molecule has 0 fully saturated rings. The Hall–Kier alpha value is 0.0169. The topological polar surface area (TPSA) is 51.2 Å². The van der Waals surface area contributed by atoms with Gasteiger partial charge in [0.2, 0.25) is 0 Å². The normalized spacial score (nSPS) is 11.6. The number of hydrogen-bond acceptors (Lipinski definition) is 5. The van der Waals surface area contributed by atoms with Gasteiger partial charge >= 0.3 is 8.80 Å². The van der Waals surface area contributed by atoms with Gasteiger partial charge in [-0.2, -0.15) is 0 Å². The van der Waals surface area contributed by atoms with Crippen LogP contribution in [-0.2, 0) is 13.3 Å². The Kier molecular flexibility index (Phi) is 12.7. The molecule has 6 heteroatoms. The summed E-state index contributed by atoms with van der Waals surface area (Å²) < 4.78 is 15.9. The van der Waals surface area contributed by atoms with E-state index >= 15 is 0 Å². The Morgan fingerprint density at radius 3 is 1.65 bits per heavy atom. The van der Waals surface area contributed by atoms with Crippen LogP contribution >= 0.6 is 0 Å². The van der Waals surface area contributed by atoms with Gasteiger partial charge in [0.15, 0.2) is 0 Å². The summed E-state index contributed by atoms with van der Waals surface area (Å²) in [5.74, 6) is 0. The summed E-state index contributed by atoms with van der Waals surface area (Å²) in [5.41, 5.74) is 0. The average Bonchev–Trinajstić information content (AvgIpc) is 2.24. The SMILES string of the molecule is CC(C)O.CO[Si](CCCN(C)C)(OC)OC. The summed E-state index contributed by atoms with van der Waals surface area (Å²) in [5, 5.41) is 8.06. The smallest absolute Gasteiger partial charge is 0.394 e. The van der Waals surface area contributed by atoms with Crippen LogP contribution in [0.3, 0.4) is 0 Å². The Labute approximate surface area is 107 Å². The molecule has 17 heavy (non-hydrogen) atoms. The molecule has 0 bridgehead atoms. The lowest BCUT2D eigenvalue weighted by Crippen LogP contribution is -2.43. The van der Waals surface area contributed by atoms with Gasteiger partial charge in [0.1, 0.15) is 0 Å². The van der Waals surface area contributed by atoms with E-state index in [-0.39, 0.29) is 6.10 Å². The molecule has 0 aromatic heterocycles. The van der Waals surface area contributed by atoms with E-state index in [4.69, 9.17) is 18.4 Å². The molecular formula is C11H29NO4Si. The maximum Gasteiger partial charge on any atom is 0.500 e. The second-order valence-electron chi connectivity index (χ2n) is 4.30. The van der Waals surface area contributed by atoms with Crippen LogP contribution in [0.5, 0.6) is 0 Å². The zero-order valence-electron chi connectivity index (χ0n) is 12.3. The van der Waals surface area contributed by atoms with Crippen LogP contribution in [0.1, 0.15) is 20.3 Å². The van der Waals surface area contributed by atoms with Crippen LogP contribution in [0.4, 0.5) is 0 Å². The highest BCUT2D eigenvalue weighted by Crippen LogP contribution is 2.14. The third kappa shape index (κ3) is 12.3. The van der Waals surface area contributed by atoms with Crippen molar-refractivity contribution >= 4 is 8.80 Å². The monoisotopic (exact) mass is 267 g/mol. The van der Waals surface area contributed by atoms with E-state index in [9.17, 15) is 0 Å². The van der Waals surface area contributed by atoms with Crippen LogP contribution in [0.2, 0.25) is 6.04 Å². The van der Waals surface area contributed by atoms with Crippen molar-refractivity contribution in [2.45, 2.75) is 32.4 Å². The fourth-order valence-corrected chi connectivity index (χ4v) is 2.87.